The zero-order valence-corrected chi connectivity index (χ0v) is 10.9. The normalized spacial score (nSPS) is 13.0. The molecule has 0 aromatic heterocycles. The molecule has 1 rings (SSSR count). The van der Waals surface area contributed by atoms with Gasteiger partial charge in [-0.1, -0.05) is 12.1 Å². The van der Waals surface area contributed by atoms with Crippen molar-refractivity contribution in [2.75, 3.05) is 0 Å². The maximum absolute atomic E-state index is 12.6. The largest absolute Gasteiger partial charge is 0.463 e. The summed E-state index contributed by atoms with van der Waals surface area (Å²) in [7, 11) is -3.95. The standard InChI is InChI=1S/C10H9F5N2O3S/c11-9(12,10(13,14)15)8(18)17-5-6-1-3-7(4-2-6)21(16,19)20/h1-4H,5H2,(H,17,18)(H2,16,19,20). The molecule has 0 aliphatic heterocycles. The molecule has 0 saturated carbocycles. The first-order valence-electron chi connectivity index (χ1n) is 5.20. The van der Waals surface area contributed by atoms with E-state index in [0.717, 1.165) is 24.3 Å². The number of hydrogen-bond donors (Lipinski definition) is 2. The Morgan fingerprint density at radius 2 is 1.57 bits per heavy atom. The van der Waals surface area contributed by atoms with Crippen LogP contribution >= 0.6 is 0 Å². The Hall–Kier alpha value is -1.75. The number of carbonyl (C=O) groups excluding carboxylic acids is 1. The molecule has 0 unspecified atom stereocenters. The molecule has 0 radical (unpaired) electrons. The second-order valence-corrected chi connectivity index (χ2v) is 5.51. The first kappa shape index (κ1) is 17.3. The summed E-state index contributed by atoms with van der Waals surface area (Å²) < 4.78 is 82.8. The number of rotatable bonds is 4. The predicted octanol–water partition coefficient (Wildman–Crippen LogP) is 1.15. The zero-order valence-electron chi connectivity index (χ0n) is 10.1. The number of nitrogens with two attached hydrogens (primary N) is 1. The number of benzene rings is 1. The van der Waals surface area contributed by atoms with Gasteiger partial charge in [-0.3, -0.25) is 4.79 Å². The van der Waals surface area contributed by atoms with E-state index in [1.54, 1.807) is 0 Å². The number of nitrogens with one attached hydrogen (secondary N) is 1. The topological polar surface area (TPSA) is 89.3 Å². The van der Waals surface area contributed by atoms with E-state index in [9.17, 15) is 35.2 Å². The Kier molecular flexibility index (Phi) is 4.58. The fourth-order valence-electron chi connectivity index (χ4n) is 1.22. The molecule has 0 bridgehead atoms. The Morgan fingerprint density at radius 1 is 1.10 bits per heavy atom. The van der Waals surface area contributed by atoms with Crippen molar-refractivity contribution in [1.29, 1.82) is 0 Å². The fraction of sp³-hybridized carbons (Fsp3) is 0.300. The van der Waals surface area contributed by atoms with Gasteiger partial charge in [0.25, 0.3) is 0 Å². The molecular weight excluding hydrogens is 323 g/mol. The third-order valence-corrected chi connectivity index (χ3v) is 3.28. The van der Waals surface area contributed by atoms with E-state index in [-0.39, 0.29) is 10.5 Å². The van der Waals surface area contributed by atoms with Gasteiger partial charge < -0.3 is 5.32 Å². The molecule has 1 aromatic rings. The Balaban J connectivity index is 2.75. The molecule has 0 atom stereocenters. The lowest BCUT2D eigenvalue weighted by molar-refractivity contribution is -0.269. The molecular formula is C10H9F5N2O3S. The van der Waals surface area contributed by atoms with Gasteiger partial charge in [0.05, 0.1) is 4.90 Å². The summed E-state index contributed by atoms with van der Waals surface area (Å²) in [6.45, 7) is -0.630. The van der Waals surface area contributed by atoms with Crippen LogP contribution in [-0.2, 0) is 21.4 Å². The monoisotopic (exact) mass is 332 g/mol. The first-order valence-corrected chi connectivity index (χ1v) is 6.75. The summed E-state index contributed by atoms with van der Waals surface area (Å²) in [5.41, 5.74) is 0.119. The van der Waals surface area contributed by atoms with Crippen LogP contribution in [0, 0.1) is 0 Å². The van der Waals surface area contributed by atoms with E-state index < -0.39 is 34.6 Å². The van der Waals surface area contributed by atoms with Gasteiger partial charge in [-0.15, -0.1) is 0 Å². The number of primary sulfonamides is 1. The number of sulfonamides is 1. The Bertz CT molecular complexity index is 625. The van der Waals surface area contributed by atoms with Crippen molar-refractivity contribution in [3.05, 3.63) is 29.8 Å². The smallest absolute Gasteiger partial charge is 0.346 e. The highest BCUT2D eigenvalue weighted by Crippen LogP contribution is 2.35. The van der Waals surface area contributed by atoms with Crippen LogP contribution in [0.25, 0.3) is 0 Å². The third kappa shape index (κ3) is 4.11. The molecule has 21 heavy (non-hydrogen) atoms. The fourth-order valence-corrected chi connectivity index (χ4v) is 1.73. The van der Waals surface area contributed by atoms with Gasteiger partial charge >= 0.3 is 18.0 Å². The lowest BCUT2D eigenvalue weighted by Gasteiger charge is -2.18. The van der Waals surface area contributed by atoms with Gasteiger partial charge in [0.1, 0.15) is 0 Å². The van der Waals surface area contributed by atoms with Crippen molar-refractivity contribution in [3.63, 3.8) is 0 Å². The highest BCUT2D eigenvalue weighted by Gasteiger charge is 2.63. The van der Waals surface area contributed by atoms with Crippen molar-refractivity contribution >= 4 is 15.9 Å². The van der Waals surface area contributed by atoms with Gasteiger partial charge in [-0.05, 0) is 17.7 Å². The molecule has 0 aliphatic carbocycles. The molecule has 0 spiro atoms. The SMILES string of the molecule is NS(=O)(=O)c1ccc(CNC(=O)C(F)(F)C(F)(F)F)cc1. The van der Waals surface area contributed by atoms with Crippen LogP contribution in [0.3, 0.4) is 0 Å². The van der Waals surface area contributed by atoms with E-state index >= 15 is 0 Å². The third-order valence-electron chi connectivity index (χ3n) is 2.35. The minimum atomic E-state index is -5.99. The van der Waals surface area contributed by atoms with E-state index in [1.165, 1.54) is 5.32 Å². The molecule has 3 N–H and O–H groups in total. The average molecular weight is 332 g/mol. The highest BCUT2D eigenvalue weighted by molar-refractivity contribution is 7.89. The average Bonchev–Trinajstić information content (AvgIpc) is 2.33. The number of halogens is 5. The van der Waals surface area contributed by atoms with Crippen LogP contribution in [-0.4, -0.2) is 26.4 Å². The number of alkyl halides is 5. The zero-order chi connectivity index (χ0) is 16.5. The van der Waals surface area contributed by atoms with Crippen molar-refractivity contribution < 1.29 is 35.2 Å². The van der Waals surface area contributed by atoms with Crippen molar-refractivity contribution in [1.82, 2.24) is 5.32 Å². The minimum absolute atomic E-state index is 0.119. The Labute approximate surface area is 116 Å². The maximum Gasteiger partial charge on any atom is 0.463 e. The lowest BCUT2D eigenvalue weighted by Crippen LogP contribution is -2.50. The van der Waals surface area contributed by atoms with E-state index in [1.807, 2.05) is 0 Å². The van der Waals surface area contributed by atoms with Crippen LogP contribution in [0.1, 0.15) is 5.56 Å². The summed E-state index contributed by atoms with van der Waals surface area (Å²) in [4.78, 5) is 10.5. The van der Waals surface area contributed by atoms with Gasteiger partial charge in [0.2, 0.25) is 10.0 Å². The van der Waals surface area contributed by atoms with Gasteiger partial charge in [-0.25, -0.2) is 13.6 Å². The number of carbonyl (C=O) groups is 1. The molecule has 1 amide bonds. The summed E-state index contributed by atoms with van der Waals surface area (Å²) in [6, 6.07) is 4.29. The van der Waals surface area contributed by atoms with Gasteiger partial charge in [0, 0.05) is 6.54 Å². The quantitative estimate of drug-likeness (QED) is 0.811. The summed E-state index contributed by atoms with van der Waals surface area (Å²) in [6.07, 6.45) is -5.99. The molecule has 0 aliphatic rings. The van der Waals surface area contributed by atoms with E-state index in [2.05, 4.69) is 0 Å². The minimum Gasteiger partial charge on any atom is -0.346 e. The maximum atomic E-state index is 12.6. The molecule has 5 nitrogen and oxygen atoms in total. The van der Waals surface area contributed by atoms with E-state index in [0.29, 0.717) is 0 Å². The van der Waals surface area contributed by atoms with Crippen molar-refractivity contribution in [2.45, 2.75) is 23.5 Å². The van der Waals surface area contributed by atoms with Crippen LogP contribution in [0.4, 0.5) is 22.0 Å². The second-order valence-electron chi connectivity index (χ2n) is 3.94. The molecule has 0 heterocycles. The Morgan fingerprint density at radius 3 is 1.95 bits per heavy atom. The summed E-state index contributed by atoms with van der Waals surface area (Å²) >= 11 is 0. The number of hydrogen-bond acceptors (Lipinski definition) is 3. The van der Waals surface area contributed by atoms with Crippen LogP contribution in [0.15, 0.2) is 29.2 Å². The molecule has 11 heteroatoms. The predicted molar refractivity (Wildman–Crippen MR) is 60.7 cm³/mol. The van der Waals surface area contributed by atoms with Gasteiger partial charge in [-0.2, -0.15) is 22.0 Å². The van der Waals surface area contributed by atoms with Crippen molar-refractivity contribution in [2.24, 2.45) is 5.14 Å². The van der Waals surface area contributed by atoms with Crippen molar-refractivity contribution in [3.8, 4) is 0 Å². The molecule has 1 aromatic carbocycles. The summed E-state index contributed by atoms with van der Waals surface area (Å²) in [5.74, 6) is -8.00. The van der Waals surface area contributed by atoms with Gasteiger partial charge in [0.15, 0.2) is 0 Å². The summed E-state index contributed by atoms with van der Waals surface area (Å²) in [5, 5.41) is 6.23. The number of amides is 1. The van der Waals surface area contributed by atoms with Crippen LogP contribution < -0.4 is 10.5 Å². The van der Waals surface area contributed by atoms with Crippen LogP contribution in [0.5, 0.6) is 0 Å². The molecule has 0 saturated heterocycles. The highest BCUT2D eigenvalue weighted by atomic mass is 32.2. The molecule has 0 fully saturated rings. The first-order chi connectivity index (χ1) is 9.35. The molecule has 118 valence electrons. The van der Waals surface area contributed by atoms with E-state index in [4.69, 9.17) is 5.14 Å². The second kappa shape index (κ2) is 5.56. The lowest BCUT2D eigenvalue weighted by atomic mass is 10.2. The van der Waals surface area contributed by atoms with Crippen LogP contribution in [0.2, 0.25) is 0 Å².